The zero-order chi connectivity index (χ0) is 46.5. The Labute approximate surface area is 351 Å². The molecule has 2 heterocycles. The fourth-order valence-electron chi connectivity index (χ4n) is 5.85. The SMILES string of the molecule is COC(=O)C=Cc1ccc2[nH]c(C)c(C(=O)OCc3ccccc3)c2c1.Cc1[nH]c2ccc(OS(=O)(=O)C(F)(F)C(F)(F)C(F)(F)C(F)(F)F)cc2c1C(=O)OCc1ccccc1. The molecule has 0 saturated carbocycles. The Morgan fingerprint density at radius 2 is 1.10 bits per heavy atom. The molecule has 6 aromatic rings. The monoisotopic (exact) mass is 912 g/mol. The molecule has 2 N–H and O–H groups in total. The molecular formula is C42H33F9N2O9S. The quantitative estimate of drug-likeness (QED) is 0.0379. The van der Waals surface area contributed by atoms with E-state index < -0.39 is 51.1 Å². The lowest BCUT2D eigenvalue weighted by atomic mass is 10.1. The molecule has 0 aliphatic heterocycles. The van der Waals surface area contributed by atoms with E-state index >= 15 is 0 Å². The molecule has 0 radical (unpaired) electrons. The fraction of sp³-hybridized carbons (Fsp3) is 0.214. The van der Waals surface area contributed by atoms with Crippen LogP contribution >= 0.6 is 0 Å². The third-order valence-electron chi connectivity index (χ3n) is 9.05. The second-order valence-corrected chi connectivity index (χ2v) is 15.0. The Balaban J connectivity index is 0.000000252. The number of halogens is 9. The van der Waals surface area contributed by atoms with Crippen LogP contribution in [0.15, 0.2) is 103 Å². The second kappa shape index (κ2) is 18.3. The first-order valence-electron chi connectivity index (χ1n) is 18.0. The van der Waals surface area contributed by atoms with Crippen molar-refractivity contribution < 1.29 is 80.7 Å². The van der Waals surface area contributed by atoms with Crippen molar-refractivity contribution in [1.29, 1.82) is 0 Å². The van der Waals surface area contributed by atoms with Gasteiger partial charge in [0.05, 0.1) is 18.2 Å². The van der Waals surface area contributed by atoms with Gasteiger partial charge in [-0.2, -0.15) is 47.9 Å². The predicted octanol–water partition coefficient (Wildman–Crippen LogP) is 9.99. The van der Waals surface area contributed by atoms with Crippen LogP contribution in [0.4, 0.5) is 39.5 Å². The van der Waals surface area contributed by atoms with Crippen LogP contribution in [0, 0.1) is 13.8 Å². The number of carbonyl (C=O) groups is 3. The normalized spacial score (nSPS) is 12.5. The molecule has 0 fully saturated rings. The van der Waals surface area contributed by atoms with E-state index in [-0.39, 0.29) is 41.3 Å². The summed E-state index contributed by atoms with van der Waals surface area (Å²) in [5.74, 6) is -17.9. The Morgan fingerprint density at radius 1 is 0.635 bits per heavy atom. The molecule has 0 bridgehead atoms. The second-order valence-electron chi connectivity index (χ2n) is 13.4. The minimum Gasteiger partial charge on any atom is -0.466 e. The van der Waals surface area contributed by atoms with Crippen LogP contribution in [0.5, 0.6) is 5.75 Å². The molecule has 2 aromatic heterocycles. The van der Waals surface area contributed by atoms with Crippen molar-refractivity contribution in [2.24, 2.45) is 0 Å². The molecule has 0 spiro atoms. The van der Waals surface area contributed by atoms with E-state index in [0.29, 0.717) is 23.3 Å². The Kier molecular flexibility index (Phi) is 13.7. The summed E-state index contributed by atoms with van der Waals surface area (Å²) < 4.78 is 161. The van der Waals surface area contributed by atoms with Crippen molar-refractivity contribution in [3.63, 3.8) is 0 Å². The standard InChI is InChI=1S/C21H14F9NO5S.C21H19NO4/c1-11-16(17(32)35-10-12-5-3-2-4-6-12)14-9-13(7-8-15(14)31-11)36-37(33,34)21(29,30)19(24,25)18(22,23)20(26,27)28;1-14-20(21(24)26-13-16-6-4-3-5-7-16)17-12-15(8-10-18(17)22-14)9-11-19(23)25-2/h2-9,31H,10H2,1H3;3-12,22H,13H2,1-2H3. The maximum Gasteiger partial charge on any atom is 0.460 e. The predicted molar refractivity (Wildman–Crippen MR) is 209 cm³/mol. The average Bonchev–Trinajstić information content (AvgIpc) is 3.75. The van der Waals surface area contributed by atoms with Crippen LogP contribution in [0.1, 0.15) is 48.8 Å². The maximum absolute atomic E-state index is 14.0. The van der Waals surface area contributed by atoms with Crippen molar-refractivity contribution in [2.75, 3.05) is 7.11 Å². The Morgan fingerprint density at radius 3 is 1.56 bits per heavy atom. The smallest absolute Gasteiger partial charge is 0.460 e. The topological polar surface area (TPSA) is 154 Å². The van der Waals surface area contributed by atoms with Gasteiger partial charge in [-0.15, -0.1) is 0 Å². The number of benzene rings is 4. The summed E-state index contributed by atoms with van der Waals surface area (Å²) in [6, 6.07) is 25.6. The van der Waals surface area contributed by atoms with E-state index in [1.807, 2.05) is 55.5 Å². The van der Waals surface area contributed by atoms with E-state index in [1.165, 1.54) is 20.1 Å². The third kappa shape index (κ3) is 9.98. The van der Waals surface area contributed by atoms with Crippen LogP contribution in [0.25, 0.3) is 27.9 Å². The van der Waals surface area contributed by atoms with Gasteiger partial charge in [-0.3, -0.25) is 0 Å². The van der Waals surface area contributed by atoms with Crippen molar-refractivity contribution in [3.05, 3.63) is 142 Å². The highest BCUT2D eigenvalue weighted by atomic mass is 32.2. The maximum atomic E-state index is 14.0. The van der Waals surface area contributed by atoms with Crippen molar-refractivity contribution >= 4 is 55.9 Å². The van der Waals surface area contributed by atoms with Gasteiger partial charge in [0.25, 0.3) is 0 Å². The molecule has 0 saturated heterocycles. The number of hydrogen-bond donors (Lipinski definition) is 2. The van der Waals surface area contributed by atoms with E-state index in [0.717, 1.165) is 33.8 Å². The molecule has 6 rings (SSSR count). The van der Waals surface area contributed by atoms with Gasteiger partial charge in [0.15, 0.2) is 0 Å². The molecule has 0 amide bonds. The molecule has 4 aromatic carbocycles. The molecule has 0 unspecified atom stereocenters. The van der Waals surface area contributed by atoms with Crippen LogP contribution < -0.4 is 4.18 Å². The van der Waals surface area contributed by atoms with Crippen molar-refractivity contribution in [3.8, 4) is 5.75 Å². The highest BCUT2D eigenvalue weighted by Gasteiger charge is 2.86. The van der Waals surface area contributed by atoms with Crippen LogP contribution in [0.3, 0.4) is 0 Å². The van der Waals surface area contributed by atoms with E-state index in [9.17, 15) is 62.3 Å². The van der Waals surface area contributed by atoms with Gasteiger partial charge in [-0.05, 0) is 66.9 Å². The van der Waals surface area contributed by atoms with Crippen LogP contribution in [0.2, 0.25) is 0 Å². The van der Waals surface area contributed by atoms with Gasteiger partial charge < -0.3 is 28.4 Å². The number of H-pyrrole nitrogens is 2. The lowest BCUT2D eigenvalue weighted by Crippen LogP contribution is -2.63. The van der Waals surface area contributed by atoms with E-state index in [1.54, 1.807) is 36.4 Å². The first-order valence-corrected chi connectivity index (χ1v) is 19.4. The largest absolute Gasteiger partial charge is 0.466 e. The molecule has 0 aliphatic rings. The Bertz CT molecular complexity index is 2770. The highest BCUT2D eigenvalue weighted by molar-refractivity contribution is 7.88. The van der Waals surface area contributed by atoms with Crippen molar-refractivity contribution in [1.82, 2.24) is 9.97 Å². The summed E-state index contributed by atoms with van der Waals surface area (Å²) in [5, 5.41) is -6.48. The van der Waals surface area contributed by atoms with Gasteiger partial charge in [0, 0.05) is 39.3 Å². The summed E-state index contributed by atoms with van der Waals surface area (Å²) >= 11 is 0. The summed E-state index contributed by atoms with van der Waals surface area (Å²) in [4.78, 5) is 42.3. The third-order valence-corrected chi connectivity index (χ3v) is 10.3. The fourth-order valence-corrected chi connectivity index (χ4v) is 6.76. The van der Waals surface area contributed by atoms with Crippen molar-refractivity contribution in [2.45, 2.75) is 50.3 Å². The summed E-state index contributed by atoms with van der Waals surface area (Å²) in [7, 11) is -5.82. The molecule has 11 nitrogen and oxygen atoms in total. The minimum absolute atomic E-state index is 0.0922. The molecule has 21 heteroatoms. The number of hydrogen-bond acceptors (Lipinski definition) is 9. The number of aryl methyl sites for hydroxylation is 2. The first kappa shape index (κ1) is 47.3. The van der Waals surface area contributed by atoms with Crippen LogP contribution in [-0.4, -0.2) is 66.7 Å². The minimum atomic E-state index is -7.45. The number of aromatic nitrogens is 2. The number of ether oxygens (including phenoxy) is 3. The lowest BCUT2D eigenvalue weighted by Gasteiger charge is -2.32. The van der Waals surface area contributed by atoms with Gasteiger partial charge in [0.1, 0.15) is 19.0 Å². The van der Waals surface area contributed by atoms with Gasteiger partial charge >= 0.3 is 51.3 Å². The number of fused-ring (bicyclic) bond motifs is 2. The number of alkyl halides is 9. The van der Waals surface area contributed by atoms with Gasteiger partial charge in [-0.1, -0.05) is 66.7 Å². The van der Waals surface area contributed by atoms with Crippen LogP contribution in [-0.2, 0) is 42.3 Å². The molecular weight excluding hydrogens is 880 g/mol. The molecule has 334 valence electrons. The summed E-state index contributed by atoms with van der Waals surface area (Å²) in [6.07, 6.45) is -4.23. The number of carbonyl (C=O) groups excluding carboxylic acids is 3. The zero-order valence-corrected chi connectivity index (χ0v) is 33.6. The summed E-state index contributed by atoms with van der Waals surface area (Å²) in [5.41, 5.74) is 4.39. The van der Waals surface area contributed by atoms with Gasteiger partial charge in [0.2, 0.25) is 0 Å². The average molecular weight is 913 g/mol. The number of aromatic amines is 2. The molecule has 0 atom stereocenters. The lowest BCUT2D eigenvalue weighted by molar-refractivity contribution is -0.382. The zero-order valence-electron chi connectivity index (χ0n) is 32.8. The number of nitrogens with one attached hydrogen (secondary N) is 2. The molecule has 63 heavy (non-hydrogen) atoms. The first-order chi connectivity index (χ1) is 29.4. The number of rotatable bonds is 13. The van der Waals surface area contributed by atoms with Gasteiger partial charge in [-0.25, -0.2) is 14.4 Å². The van der Waals surface area contributed by atoms with E-state index in [4.69, 9.17) is 9.47 Å². The molecule has 0 aliphatic carbocycles. The Hall–Kier alpha value is -6.77. The number of esters is 3. The highest BCUT2D eigenvalue weighted by Crippen LogP contribution is 2.55. The summed E-state index contributed by atoms with van der Waals surface area (Å²) in [6.45, 7) is 3.23. The van der Waals surface area contributed by atoms with E-state index in [2.05, 4.69) is 18.9 Å². The number of methoxy groups -OCH3 is 1.